The van der Waals surface area contributed by atoms with E-state index in [-0.39, 0.29) is 0 Å². The minimum Gasteiger partial charge on any atom is -0.497 e. The summed E-state index contributed by atoms with van der Waals surface area (Å²) in [5, 5.41) is 0. The van der Waals surface area contributed by atoms with Crippen molar-refractivity contribution in [2.75, 3.05) is 7.11 Å². The molecule has 2 aromatic carbocycles. The lowest BCUT2D eigenvalue weighted by molar-refractivity contribution is 0.412. The second-order valence-corrected chi connectivity index (χ2v) is 4.00. The Morgan fingerprint density at radius 3 is 1.82 bits per heavy atom. The summed E-state index contributed by atoms with van der Waals surface area (Å²) in [7, 11) is 1.65. The van der Waals surface area contributed by atoms with Crippen molar-refractivity contribution in [1.29, 1.82) is 0 Å². The maximum atomic E-state index is 5.88. The fourth-order valence-electron chi connectivity index (χ4n) is 1.72. The maximum Gasteiger partial charge on any atom is 0.133 e. The van der Waals surface area contributed by atoms with Crippen molar-refractivity contribution >= 4 is 0 Å². The van der Waals surface area contributed by atoms with Gasteiger partial charge in [-0.25, -0.2) is 0 Å². The second kappa shape index (κ2) is 4.91. The minimum atomic E-state index is 0.822. The monoisotopic (exact) mass is 228 g/mol. The molecule has 0 bridgehead atoms. The quantitative estimate of drug-likeness (QED) is 0.787. The summed E-state index contributed by atoms with van der Waals surface area (Å²) < 4.78 is 11.0. The van der Waals surface area contributed by atoms with Gasteiger partial charge in [-0.2, -0.15) is 0 Å². The SMILES string of the molecule is COc1ccc(Oc2c(C)cccc2C)cc1. The molecule has 0 fully saturated rings. The van der Waals surface area contributed by atoms with Crippen LogP contribution in [0, 0.1) is 13.8 Å². The lowest BCUT2D eigenvalue weighted by Crippen LogP contribution is -1.91. The van der Waals surface area contributed by atoms with E-state index >= 15 is 0 Å². The van der Waals surface area contributed by atoms with Gasteiger partial charge in [0.15, 0.2) is 0 Å². The van der Waals surface area contributed by atoms with Gasteiger partial charge in [0.25, 0.3) is 0 Å². The van der Waals surface area contributed by atoms with Crippen LogP contribution in [0.25, 0.3) is 0 Å². The van der Waals surface area contributed by atoms with E-state index in [2.05, 4.69) is 0 Å². The molecule has 0 atom stereocenters. The van der Waals surface area contributed by atoms with Gasteiger partial charge in [-0.3, -0.25) is 0 Å². The molecule has 0 radical (unpaired) electrons. The smallest absolute Gasteiger partial charge is 0.133 e. The van der Waals surface area contributed by atoms with E-state index in [1.165, 1.54) is 0 Å². The molecule has 0 saturated carbocycles. The average molecular weight is 228 g/mol. The van der Waals surface area contributed by atoms with E-state index in [0.717, 1.165) is 28.4 Å². The molecular formula is C15H16O2. The third-order valence-electron chi connectivity index (χ3n) is 2.69. The van der Waals surface area contributed by atoms with Gasteiger partial charge < -0.3 is 9.47 Å². The number of hydrogen-bond acceptors (Lipinski definition) is 2. The molecule has 0 aliphatic heterocycles. The van der Waals surface area contributed by atoms with Crippen LogP contribution < -0.4 is 9.47 Å². The predicted octanol–water partition coefficient (Wildman–Crippen LogP) is 4.10. The van der Waals surface area contributed by atoms with Crippen molar-refractivity contribution in [2.24, 2.45) is 0 Å². The van der Waals surface area contributed by atoms with Crippen molar-refractivity contribution in [1.82, 2.24) is 0 Å². The number of aryl methyl sites for hydroxylation is 2. The molecule has 17 heavy (non-hydrogen) atoms. The third kappa shape index (κ3) is 2.59. The molecule has 0 amide bonds. The number of rotatable bonds is 3. The van der Waals surface area contributed by atoms with Gasteiger partial charge in [-0.1, -0.05) is 18.2 Å². The van der Waals surface area contributed by atoms with Gasteiger partial charge in [0.05, 0.1) is 7.11 Å². The molecular weight excluding hydrogens is 212 g/mol. The Labute approximate surface area is 102 Å². The minimum absolute atomic E-state index is 0.822. The Balaban J connectivity index is 2.25. The number of para-hydroxylation sites is 1. The lowest BCUT2D eigenvalue weighted by atomic mass is 10.1. The molecule has 0 aliphatic carbocycles. The predicted molar refractivity (Wildman–Crippen MR) is 69.0 cm³/mol. The summed E-state index contributed by atoms with van der Waals surface area (Å²) in [6, 6.07) is 13.7. The van der Waals surface area contributed by atoms with Gasteiger partial charge in [0, 0.05) is 0 Å². The van der Waals surface area contributed by atoms with Crippen molar-refractivity contribution in [2.45, 2.75) is 13.8 Å². The first-order chi connectivity index (χ1) is 8.20. The highest BCUT2D eigenvalue weighted by molar-refractivity contribution is 5.43. The number of benzene rings is 2. The summed E-state index contributed by atoms with van der Waals surface area (Å²) in [5.74, 6) is 2.58. The zero-order valence-electron chi connectivity index (χ0n) is 10.4. The van der Waals surface area contributed by atoms with E-state index in [1.807, 2.05) is 56.3 Å². The Hall–Kier alpha value is -1.96. The first-order valence-electron chi connectivity index (χ1n) is 5.59. The summed E-state index contributed by atoms with van der Waals surface area (Å²) in [5.41, 5.74) is 2.28. The van der Waals surface area contributed by atoms with Crippen LogP contribution in [-0.4, -0.2) is 7.11 Å². The van der Waals surface area contributed by atoms with Crippen LogP contribution in [0.4, 0.5) is 0 Å². The van der Waals surface area contributed by atoms with Crippen LogP contribution in [0.2, 0.25) is 0 Å². The standard InChI is InChI=1S/C15H16O2/c1-11-5-4-6-12(2)15(11)17-14-9-7-13(16-3)8-10-14/h4-10H,1-3H3. The molecule has 2 nitrogen and oxygen atoms in total. The molecule has 2 rings (SSSR count). The number of hydrogen-bond donors (Lipinski definition) is 0. The van der Waals surface area contributed by atoms with Gasteiger partial charge in [0.2, 0.25) is 0 Å². The van der Waals surface area contributed by atoms with Gasteiger partial charge >= 0.3 is 0 Å². The van der Waals surface area contributed by atoms with E-state index in [4.69, 9.17) is 9.47 Å². The molecule has 2 heteroatoms. The lowest BCUT2D eigenvalue weighted by Gasteiger charge is -2.11. The Bertz CT molecular complexity index is 481. The molecule has 0 aromatic heterocycles. The highest BCUT2D eigenvalue weighted by atomic mass is 16.5. The van der Waals surface area contributed by atoms with Crippen molar-refractivity contribution in [3.63, 3.8) is 0 Å². The van der Waals surface area contributed by atoms with E-state index in [1.54, 1.807) is 7.11 Å². The maximum absolute atomic E-state index is 5.88. The first kappa shape index (κ1) is 11.5. The van der Waals surface area contributed by atoms with Crippen LogP contribution in [0.1, 0.15) is 11.1 Å². The normalized spacial score (nSPS) is 10.1. The first-order valence-corrected chi connectivity index (χ1v) is 5.59. The van der Waals surface area contributed by atoms with Crippen LogP contribution in [0.5, 0.6) is 17.2 Å². The zero-order chi connectivity index (χ0) is 12.3. The van der Waals surface area contributed by atoms with Crippen LogP contribution in [-0.2, 0) is 0 Å². The number of ether oxygens (including phenoxy) is 2. The fraction of sp³-hybridized carbons (Fsp3) is 0.200. The van der Waals surface area contributed by atoms with E-state index in [9.17, 15) is 0 Å². The molecule has 0 N–H and O–H groups in total. The molecule has 88 valence electrons. The Kier molecular flexibility index (Phi) is 3.33. The summed E-state index contributed by atoms with van der Waals surface area (Å²) >= 11 is 0. The molecule has 2 aromatic rings. The van der Waals surface area contributed by atoms with E-state index < -0.39 is 0 Å². The van der Waals surface area contributed by atoms with Crippen molar-refractivity contribution in [3.05, 3.63) is 53.6 Å². The number of methoxy groups -OCH3 is 1. The molecule has 0 heterocycles. The third-order valence-corrected chi connectivity index (χ3v) is 2.69. The second-order valence-electron chi connectivity index (χ2n) is 4.00. The van der Waals surface area contributed by atoms with Crippen LogP contribution in [0.15, 0.2) is 42.5 Å². The fourth-order valence-corrected chi connectivity index (χ4v) is 1.72. The molecule has 0 spiro atoms. The molecule has 0 aliphatic rings. The van der Waals surface area contributed by atoms with Crippen LogP contribution >= 0.6 is 0 Å². The topological polar surface area (TPSA) is 18.5 Å². The molecule has 0 saturated heterocycles. The van der Waals surface area contributed by atoms with E-state index in [0.29, 0.717) is 0 Å². The average Bonchev–Trinajstić information content (AvgIpc) is 2.35. The van der Waals surface area contributed by atoms with Gasteiger partial charge in [0.1, 0.15) is 17.2 Å². The highest BCUT2D eigenvalue weighted by Gasteiger charge is 2.04. The largest absolute Gasteiger partial charge is 0.497 e. The highest BCUT2D eigenvalue weighted by Crippen LogP contribution is 2.29. The Morgan fingerprint density at radius 2 is 1.29 bits per heavy atom. The Morgan fingerprint density at radius 1 is 0.765 bits per heavy atom. The summed E-state index contributed by atoms with van der Waals surface area (Å²) in [4.78, 5) is 0. The van der Waals surface area contributed by atoms with Crippen molar-refractivity contribution < 1.29 is 9.47 Å². The van der Waals surface area contributed by atoms with Gasteiger partial charge in [-0.05, 0) is 49.2 Å². The van der Waals surface area contributed by atoms with Gasteiger partial charge in [-0.15, -0.1) is 0 Å². The zero-order valence-corrected chi connectivity index (χ0v) is 10.4. The van der Waals surface area contributed by atoms with Crippen LogP contribution in [0.3, 0.4) is 0 Å². The summed E-state index contributed by atoms with van der Waals surface area (Å²) in [6.45, 7) is 4.09. The molecule has 0 unspecified atom stereocenters. The van der Waals surface area contributed by atoms with Crippen molar-refractivity contribution in [3.8, 4) is 17.2 Å². The summed E-state index contributed by atoms with van der Waals surface area (Å²) in [6.07, 6.45) is 0.